The maximum atomic E-state index is 14.5. The Labute approximate surface area is 177 Å². The van der Waals surface area contributed by atoms with Crippen molar-refractivity contribution in [3.63, 3.8) is 0 Å². The van der Waals surface area contributed by atoms with Gasteiger partial charge in [0.1, 0.15) is 17.0 Å². The summed E-state index contributed by atoms with van der Waals surface area (Å²) in [5.74, 6) is -3.68. The van der Waals surface area contributed by atoms with E-state index in [1.807, 2.05) is 0 Å². The molecule has 31 heavy (non-hydrogen) atoms. The fourth-order valence-corrected chi connectivity index (χ4v) is 4.19. The van der Waals surface area contributed by atoms with E-state index in [-0.39, 0.29) is 17.4 Å². The van der Waals surface area contributed by atoms with Crippen LogP contribution in [-0.4, -0.2) is 30.1 Å². The number of H-pyrrole nitrogens is 1. The SMILES string of the molecule is O=C(Nc1cnc2[nH]cc(C(=O)C3CCCC3)c2c1)c1c(F)ccc(N[SH](=O)=O)c1F. The molecular formula is C20H18F2N4O4S. The van der Waals surface area contributed by atoms with Crippen LogP contribution >= 0.6 is 0 Å². The Hall–Kier alpha value is -3.34. The maximum absolute atomic E-state index is 14.5. The number of anilines is 2. The van der Waals surface area contributed by atoms with E-state index in [4.69, 9.17) is 0 Å². The van der Waals surface area contributed by atoms with Crippen LogP contribution in [0.3, 0.4) is 0 Å². The van der Waals surface area contributed by atoms with Crippen LogP contribution in [0.2, 0.25) is 0 Å². The van der Waals surface area contributed by atoms with Gasteiger partial charge in [0, 0.05) is 23.1 Å². The molecule has 1 aromatic carbocycles. The van der Waals surface area contributed by atoms with Gasteiger partial charge in [-0.15, -0.1) is 0 Å². The average molecular weight is 448 g/mol. The number of fused-ring (bicyclic) bond motifs is 1. The van der Waals surface area contributed by atoms with Crippen LogP contribution < -0.4 is 10.0 Å². The van der Waals surface area contributed by atoms with E-state index in [0.29, 0.717) is 16.6 Å². The van der Waals surface area contributed by atoms with Gasteiger partial charge in [-0.05, 0) is 31.0 Å². The number of carbonyl (C=O) groups is 2. The van der Waals surface area contributed by atoms with E-state index in [9.17, 15) is 26.8 Å². The Bertz CT molecular complexity index is 1260. The largest absolute Gasteiger partial charge is 0.345 e. The van der Waals surface area contributed by atoms with E-state index in [1.54, 1.807) is 10.9 Å². The highest BCUT2D eigenvalue weighted by Crippen LogP contribution is 2.31. The number of rotatable bonds is 6. The number of nitrogens with zero attached hydrogens (tertiary/aromatic N) is 1. The molecule has 0 saturated heterocycles. The van der Waals surface area contributed by atoms with Crippen LogP contribution in [0.25, 0.3) is 11.0 Å². The number of carbonyl (C=O) groups excluding carboxylic acids is 2. The van der Waals surface area contributed by atoms with Crippen molar-refractivity contribution < 1.29 is 26.8 Å². The summed E-state index contributed by atoms with van der Waals surface area (Å²) in [7, 11) is -3.20. The van der Waals surface area contributed by atoms with Gasteiger partial charge in [0.2, 0.25) is 10.9 Å². The average Bonchev–Trinajstić information content (AvgIpc) is 3.39. The quantitative estimate of drug-likeness (QED) is 0.340. The number of amides is 1. The van der Waals surface area contributed by atoms with Crippen molar-refractivity contribution in [3.05, 3.63) is 53.4 Å². The predicted octanol–water partition coefficient (Wildman–Crippen LogP) is 3.40. The highest BCUT2D eigenvalue weighted by atomic mass is 32.2. The molecule has 3 N–H and O–H groups in total. The van der Waals surface area contributed by atoms with E-state index < -0.39 is 39.7 Å². The summed E-state index contributed by atoms with van der Waals surface area (Å²) in [6.45, 7) is 0. The van der Waals surface area contributed by atoms with Gasteiger partial charge in [-0.25, -0.2) is 22.2 Å². The molecule has 3 aromatic rings. The number of aromatic nitrogens is 2. The molecule has 0 atom stereocenters. The van der Waals surface area contributed by atoms with Crippen molar-refractivity contribution >= 4 is 45.0 Å². The zero-order valence-electron chi connectivity index (χ0n) is 16.1. The smallest absolute Gasteiger partial charge is 0.261 e. The lowest BCUT2D eigenvalue weighted by atomic mass is 9.96. The molecule has 1 saturated carbocycles. The minimum absolute atomic E-state index is 0.00313. The number of benzene rings is 1. The van der Waals surface area contributed by atoms with E-state index >= 15 is 0 Å². The van der Waals surface area contributed by atoms with Crippen LogP contribution in [0.4, 0.5) is 20.2 Å². The zero-order chi connectivity index (χ0) is 22.1. The van der Waals surface area contributed by atoms with E-state index in [1.165, 1.54) is 12.3 Å². The van der Waals surface area contributed by atoms with Crippen molar-refractivity contribution in [3.8, 4) is 0 Å². The zero-order valence-corrected chi connectivity index (χ0v) is 17.0. The number of ketones is 1. The van der Waals surface area contributed by atoms with Gasteiger partial charge in [0.15, 0.2) is 11.6 Å². The molecule has 2 heterocycles. The van der Waals surface area contributed by atoms with Crippen molar-refractivity contribution in [2.24, 2.45) is 5.92 Å². The van der Waals surface area contributed by atoms with Crippen molar-refractivity contribution in [2.75, 3.05) is 10.0 Å². The molecule has 1 amide bonds. The summed E-state index contributed by atoms with van der Waals surface area (Å²) in [6, 6.07) is 3.16. The Morgan fingerprint density at radius 3 is 2.61 bits per heavy atom. The van der Waals surface area contributed by atoms with Gasteiger partial charge >= 0.3 is 0 Å². The number of nitrogens with one attached hydrogen (secondary N) is 3. The van der Waals surface area contributed by atoms with Crippen molar-refractivity contribution in [2.45, 2.75) is 25.7 Å². The number of thiol groups is 1. The van der Waals surface area contributed by atoms with Crippen LogP contribution in [0.15, 0.2) is 30.6 Å². The normalized spacial score (nSPS) is 14.3. The lowest BCUT2D eigenvalue weighted by Gasteiger charge is -2.10. The fraction of sp³-hybridized carbons (Fsp3) is 0.250. The number of pyridine rings is 1. The molecule has 0 unspecified atom stereocenters. The Morgan fingerprint density at radius 2 is 1.90 bits per heavy atom. The van der Waals surface area contributed by atoms with Crippen molar-refractivity contribution in [1.29, 1.82) is 0 Å². The second kappa shape index (κ2) is 8.42. The van der Waals surface area contributed by atoms with Gasteiger partial charge in [-0.1, -0.05) is 12.8 Å². The number of hydrogen-bond acceptors (Lipinski definition) is 5. The first-order chi connectivity index (χ1) is 14.8. The molecule has 162 valence electrons. The lowest BCUT2D eigenvalue weighted by Crippen LogP contribution is -2.17. The minimum Gasteiger partial charge on any atom is -0.345 e. The van der Waals surface area contributed by atoms with Crippen molar-refractivity contribution in [1.82, 2.24) is 9.97 Å². The summed E-state index contributed by atoms with van der Waals surface area (Å²) in [6.07, 6.45) is 6.52. The topological polar surface area (TPSA) is 121 Å². The number of halogens is 2. The molecule has 4 rings (SSSR count). The van der Waals surface area contributed by atoms with Gasteiger partial charge in [0.05, 0.1) is 17.6 Å². The van der Waals surface area contributed by atoms with Gasteiger partial charge in [-0.3, -0.25) is 14.3 Å². The van der Waals surface area contributed by atoms with Gasteiger partial charge in [-0.2, -0.15) is 0 Å². The van der Waals surface area contributed by atoms with Gasteiger partial charge < -0.3 is 10.3 Å². The maximum Gasteiger partial charge on any atom is 0.261 e. The molecule has 0 bridgehead atoms. The summed E-state index contributed by atoms with van der Waals surface area (Å²) < 4.78 is 52.0. The summed E-state index contributed by atoms with van der Waals surface area (Å²) >= 11 is 0. The Kier molecular flexibility index (Phi) is 5.68. The first kappa shape index (κ1) is 20.9. The molecule has 1 aliphatic carbocycles. The minimum atomic E-state index is -3.20. The lowest BCUT2D eigenvalue weighted by molar-refractivity contribution is 0.0924. The summed E-state index contributed by atoms with van der Waals surface area (Å²) in [5, 5.41) is 2.85. The third-order valence-corrected chi connectivity index (χ3v) is 5.73. The summed E-state index contributed by atoms with van der Waals surface area (Å²) in [5.41, 5.74) is -0.468. The molecule has 8 nitrogen and oxygen atoms in total. The van der Waals surface area contributed by atoms with Crippen LogP contribution in [0.5, 0.6) is 0 Å². The first-order valence-corrected chi connectivity index (χ1v) is 10.7. The van der Waals surface area contributed by atoms with Gasteiger partial charge in [0.25, 0.3) is 5.91 Å². The molecular weight excluding hydrogens is 430 g/mol. The standard InChI is InChI=1S/C20H18F2N4O4S/c21-14-5-6-15(26-31(29)30)17(22)16(14)20(28)25-11-7-12-13(9-24-19(12)23-8-11)18(27)10-3-1-2-4-10/h5-10,31H,1-4H2,(H,23,24)(H,25,28)(H,26,29,30). The predicted molar refractivity (Wildman–Crippen MR) is 111 cm³/mol. The van der Waals surface area contributed by atoms with E-state index in [2.05, 4.69) is 15.3 Å². The second-order valence-corrected chi connectivity index (χ2v) is 8.01. The third-order valence-electron chi connectivity index (χ3n) is 5.31. The molecule has 2 aromatic heterocycles. The number of hydrogen-bond donors (Lipinski definition) is 4. The highest BCUT2D eigenvalue weighted by Gasteiger charge is 2.26. The van der Waals surface area contributed by atoms with Crippen LogP contribution in [-0.2, 0) is 10.9 Å². The molecule has 0 aliphatic heterocycles. The Morgan fingerprint density at radius 1 is 1.16 bits per heavy atom. The Balaban J connectivity index is 1.64. The highest BCUT2D eigenvalue weighted by molar-refractivity contribution is 7.73. The first-order valence-electron chi connectivity index (χ1n) is 9.57. The molecule has 0 spiro atoms. The van der Waals surface area contributed by atoms with Crippen LogP contribution in [0, 0.1) is 17.6 Å². The summed E-state index contributed by atoms with van der Waals surface area (Å²) in [4.78, 5) is 32.4. The molecule has 11 heteroatoms. The third kappa shape index (κ3) is 4.13. The fourth-order valence-electron chi connectivity index (χ4n) is 3.82. The van der Waals surface area contributed by atoms with Crippen LogP contribution in [0.1, 0.15) is 46.4 Å². The second-order valence-electron chi connectivity index (χ2n) is 7.28. The monoisotopic (exact) mass is 448 g/mol. The number of Topliss-reactive ketones (excluding diaryl/α,β-unsaturated/α-hetero) is 1. The molecule has 1 aliphatic rings. The molecule has 0 radical (unpaired) electrons. The molecule has 1 fully saturated rings. The van der Waals surface area contributed by atoms with E-state index in [0.717, 1.165) is 37.8 Å². The number of aromatic amines is 1.